The molecule has 6 nitrogen and oxygen atoms in total. The first-order valence-corrected chi connectivity index (χ1v) is 8.16. The van der Waals surface area contributed by atoms with Crippen LogP contribution < -0.4 is 0 Å². The SMILES string of the molecule is Cc1ccc(S(=O)(=O)N2CCC3C(=O)OC(=O)C3C2)cc1. The Bertz CT molecular complexity index is 695. The zero-order valence-corrected chi connectivity index (χ0v) is 12.3. The molecule has 2 unspecified atom stereocenters. The third-order valence-corrected chi connectivity index (χ3v) is 5.92. The van der Waals surface area contributed by atoms with E-state index in [9.17, 15) is 18.0 Å². The summed E-state index contributed by atoms with van der Waals surface area (Å²) in [5.41, 5.74) is 0.970. The molecule has 0 saturated carbocycles. The van der Waals surface area contributed by atoms with Crippen LogP contribution in [-0.2, 0) is 24.3 Å². The Hall–Kier alpha value is -1.73. The van der Waals surface area contributed by atoms with Crippen molar-refractivity contribution >= 4 is 22.0 Å². The summed E-state index contributed by atoms with van der Waals surface area (Å²) in [5.74, 6) is -2.32. The first-order valence-electron chi connectivity index (χ1n) is 6.72. The third kappa shape index (κ3) is 2.36. The maximum atomic E-state index is 12.6. The number of rotatable bonds is 2. The molecule has 21 heavy (non-hydrogen) atoms. The second kappa shape index (κ2) is 4.92. The molecular weight excluding hydrogens is 294 g/mol. The molecule has 2 heterocycles. The van der Waals surface area contributed by atoms with Gasteiger partial charge in [-0.05, 0) is 25.5 Å². The third-order valence-electron chi connectivity index (χ3n) is 4.04. The number of benzene rings is 1. The summed E-state index contributed by atoms with van der Waals surface area (Å²) in [6.45, 7) is 2.10. The Morgan fingerprint density at radius 3 is 2.38 bits per heavy atom. The highest BCUT2D eigenvalue weighted by atomic mass is 32.2. The van der Waals surface area contributed by atoms with Gasteiger partial charge in [0.25, 0.3) is 0 Å². The lowest BCUT2D eigenvalue weighted by Crippen LogP contribution is -2.44. The summed E-state index contributed by atoms with van der Waals surface area (Å²) in [5, 5.41) is 0. The quantitative estimate of drug-likeness (QED) is 0.593. The van der Waals surface area contributed by atoms with Crippen molar-refractivity contribution in [3.8, 4) is 0 Å². The van der Waals surface area contributed by atoms with Crippen LogP contribution in [0.5, 0.6) is 0 Å². The van der Waals surface area contributed by atoms with E-state index >= 15 is 0 Å². The Morgan fingerprint density at radius 1 is 1.10 bits per heavy atom. The van der Waals surface area contributed by atoms with E-state index in [1.807, 2.05) is 6.92 Å². The lowest BCUT2D eigenvalue weighted by molar-refractivity contribution is -0.153. The average Bonchev–Trinajstić information content (AvgIpc) is 2.74. The van der Waals surface area contributed by atoms with Gasteiger partial charge in [0.15, 0.2) is 0 Å². The minimum atomic E-state index is -3.64. The molecule has 3 rings (SSSR count). The van der Waals surface area contributed by atoms with Crippen molar-refractivity contribution in [3.05, 3.63) is 29.8 Å². The van der Waals surface area contributed by atoms with Crippen molar-refractivity contribution in [2.75, 3.05) is 13.1 Å². The van der Waals surface area contributed by atoms with E-state index in [0.717, 1.165) is 5.56 Å². The van der Waals surface area contributed by atoms with Gasteiger partial charge in [0.2, 0.25) is 10.0 Å². The summed E-state index contributed by atoms with van der Waals surface area (Å²) >= 11 is 0. The molecule has 2 fully saturated rings. The Labute approximate surface area is 122 Å². The zero-order valence-electron chi connectivity index (χ0n) is 11.5. The minimum Gasteiger partial charge on any atom is -0.393 e. The fourth-order valence-electron chi connectivity index (χ4n) is 2.77. The van der Waals surface area contributed by atoms with E-state index in [0.29, 0.717) is 6.42 Å². The maximum Gasteiger partial charge on any atom is 0.318 e. The first-order chi connectivity index (χ1) is 9.89. The molecule has 0 N–H and O–H groups in total. The van der Waals surface area contributed by atoms with Crippen LogP contribution >= 0.6 is 0 Å². The van der Waals surface area contributed by atoms with Gasteiger partial charge in [0, 0.05) is 13.1 Å². The van der Waals surface area contributed by atoms with Gasteiger partial charge in [-0.25, -0.2) is 8.42 Å². The number of carbonyl (C=O) groups excluding carboxylic acids is 2. The number of carbonyl (C=O) groups is 2. The van der Waals surface area contributed by atoms with E-state index in [1.54, 1.807) is 24.3 Å². The molecule has 112 valence electrons. The largest absolute Gasteiger partial charge is 0.393 e. The molecule has 0 spiro atoms. The van der Waals surface area contributed by atoms with Crippen LogP contribution in [0.2, 0.25) is 0 Å². The van der Waals surface area contributed by atoms with E-state index < -0.39 is 33.8 Å². The topological polar surface area (TPSA) is 80.8 Å². The number of nitrogens with zero attached hydrogens (tertiary/aromatic N) is 1. The summed E-state index contributed by atoms with van der Waals surface area (Å²) < 4.78 is 31.0. The number of aryl methyl sites for hydroxylation is 1. The number of sulfonamides is 1. The van der Waals surface area contributed by atoms with Crippen LogP contribution in [0.4, 0.5) is 0 Å². The highest BCUT2D eigenvalue weighted by Gasteiger charge is 2.49. The first kappa shape index (κ1) is 14.2. The van der Waals surface area contributed by atoms with Crippen LogP contribution in [0.1, 0.15) is 12.0 Å². The van der Waals surface area contributed by atoms with Gasteiger partial charge in [-0.15, -0.1) is 0 Å². The van der Waals surface area contributed by atoms with Crippen molar-refractivity contribution in [2.45, 2.75) is 18.2 Å². The van der Waals surface area contributed by atoms with Gasteiger partial charge in [0.05, 0.1) is 16.7 Å². The number of piperidine rings is 1. The second-order valence-corrected chi connectivity index (χ2v) is 7.36. The van der Waals surface area contributed by atoms with Crippen LogP contribution in [0.15, 0.2) is 29.2 Å². The second-order valence-electron chi connectivity index (χ2n) is 5.42. The minimum absolute atomic E-state index is 0.00541. The van der Waals surface area contributed by atoms with Gasteiger partial charge in [-0.1, -0.05) is 17.7 Å². The van der Waals surface area contributed by atoms with E-state index in [4.69, 9.17) is 0 Å². The molecule has 7 heteroatoms. The standard InChI is InChI=1S/C14H15NO5S/c1-9-2-4-10(5-3-9)21(18,19)15-7-6-11-12(8-15)14(17)20-13(11)16/h2-5,11-12H,6-8H2,1H3. The van der Waals surface area contributed by atoms with Gasteiger partial charge in [0.1, 0.15) is 0 Å². The smallest absolute Gasteiger partial charge is 0.318 e. The Balaban J connectivity index is 1.86. The summed E-state index contributed by atoms with van der Waals surface area (Å²) in [6.07, 6.45) is 0.320. The van der Waals surface area contributed by atoms with Gasteiger partial charge < -0.3 is 4.74 Å². The number of cyclic esters (lactones) is 2. The molecule has 2 saturated heterocycles. The van der Waals surface area contributed by atoms with Crippen LogP contribution in [0.25, 0.3) is 0 Å². The average molecular weight is 309 g/mol. The zero-order chi connectivity index (χ0) is 15.2. The number of fused-ring (bicyclic) bond motifs is 1. The monoisotopic (exact) mass is 309 g/mol. The summed E-state index contributed by atoms with van der Waals surface area (Å²) in [6, 6.07) is 6.56. The van der Waals surface area contributed by atoms with E-state index in [2.05, 4.69) is 4.74 Å². The van der Waals surface area contributed by atoms with E-state index in [1.165, 1.54) is 4.31 Å². The predicted molar refractivity (Wildman–Crippen MR) is 72.6 cm³/mol. The van der Waals surface area contributed by atoms with Crippen molar-refractivity contribution in [2.24, 2.45) is 11.8 Å². The summed E-state index contributed by atoms with van der Waals surface area (Å²) in [4.78, 5) is 23.3. The molecule has 0 aromatic heterocycles. The molecule has 2 atom stereocenters. The molecule has 1 aromatic carbocycles. The van der Waals surface area contributed by atoms with Crippen LogP contribution in [0.3, 0.4) is 0 Å². The highest BCUT2D eigenvalue weighted by Crippen LogP contribution is 2.33. The van der Waals surface area contributed by atoms with Gasteiger partial charge in [-0.3, -0.25) is 9.59 Å². The molecule has 0 aliphatic carbocycles. The Kier molecular flexibility index (Phi) is 3.33. The summed E-state index contributed by atoms with van der Waals surface area (Å²) in [7, 11) is -3.64. The normalized spacial score (nSPS) is 26.5. The Morgan fingerprint density at radius 2 is 1.71 bits per heavy atom. The maximum absolute atomic E-state index is 12.6. The van der Waals surface area contributed by atoms with Gasteiger partial charge in [-0.2, -0.15) is 4.31 Å². The lowest BCUT2D eigenvalue weighted by Gasteiger charge is -2.30. The van der Waals surface area contributed by atoms with Crippen molar-refractivity contribution < 1.29 is 22.7 Å². The highest BCUT2D eigenvalue weighted by molar-refractivity contribution is 7.89. The fraction of sp³-hybridized carbons (Fsp3) is 0.429. The molecule has 0 bridgehead atoms. The van der Waals surface area contributed by atoms with Crippen molar-refractivity contribution in [1.82, 2.24) is 4.31 Å². The van der Waals surface area contributed by atoms with Crippen LogP contribution in [0, 0.1) is 18.8 Å². The lowest BCUT2D eigenvalue weighted by atomic mass is 9.89. The number of hydrogen-bond acceptors (Lipinski definition) is 5. The van der Waals surface area contributed by atoms with E-state index in [-0.39, 0.29) is 18.0 Å². The predicted octanol–water partition coefficient (Wildman–Crippen LogP) is 0.705. The molecular formula is C14H15NO5S. The molecule has 2 aliphatic rings. The molecule has 0 amide bonds. The number of hydrogen-bond donors (Lipinski definition) is 0. The fourth-order valence-corrected chi connectivity index (χ4v) is 4.25. The molecule has 0 radical (unpaired) electrons. The number of esters is 2. The van der Waals surface area contributed by atoms with Crippen molar-refractivity contribution in [1.29, 1.82) is 0 Å². The number of ether oxygens (including phenoxy) is 1. The van der Waals surface area contributed by atoms with Crippen LogP contribution in [-0.4, -0.2) is 37.8 Å². The van der Waals surface area contributed by atoms with Crippen molar-refractivity contribution in [3.63, 3.8) is 0 Å². The molecule has 1 aromatic rings. The molecule has 2 aliphatic heterocycles. The van der Waals surface area contributed by atoms with Gasteiger partial charge >= 0.3 is 11.9 Å².